The maximum Gasteiger partial charge on any atom is 0.235 e. The Labute approximate surface area is 222 Å². The van der Waals surface area contributed by atoms with E-state index in [1.165, 1.54) is 18.3 Å². The van der Waals surface area contributed by atoms with Gasteiger partial charge in [0.2, 0.25) is 11.8 Å². The van der Waals surface area contributed by atoms with E-state index in [9.17, 15) is 19.5 Å². The number of aliphatic hydroxyl groups is 1. The molecule has 2 aromatic carbocycles. The van der Waals surface area contributed by atoms with E-state index >= 15 is 0 Å². The largest absolute Gasteiger partial charge is 0.389 e. The molecule has 0 aliphatic heterocycles. The van der Waals surface area contributed by atoms with E-state index in [0.717, 1.165) is 34.4 Å². The van der Waals surface area contributed by atoms with Crippen molar-refractivity contribution in [2.24, 2.45) is 11.8 Å². The third kappa shape index (κ3) is 5.38. The highest BCUT2D eigenvalue weighted by atomic mass is 32.1. The molecule has 4 atom stereocenters. The molecule has 0 bridgehead atoms. The number of amides is 2. The van der Waals surface area contributed by atoms with Crippen LogP contribution in [-0.4, -0.2) is 28.3 Å². The molecule has 1 saturated carbocycles. The number of carbonyl (C=O) groups excluding carboxylic acids is 3. The van der Waals surface area contributed by atoms with Gasteiger partial charge in [0.05, 0.1) is 11.5 Å². The van der Waals surface area contributed by atoms with Gasteiger partial charge in [0.25, 0.3) is 0 Å². The molecule has 3 N–H and O–H groups in total. The minimum absolute atomic E-state index is 0.283. The van der Waals surface area contributed by atoms with Gasteiger partial charge in [-0.3, -0.25) is 14.4 Å². The van der Waals surface area contributed by atoms with Crippen LogP contribution in [0.15, 0.2) is 60.0 Å². The van der Waals surface area contributed by atoms with E-state index in [1.54, 1.807) is 0 Å². The van der Waals surface area contributed by atoms with Crippen LogP contribution in [0, 0.1) is 18.8 Å². The van der Waals surface area contributed by atoms with Crippen LogP contribution in [0.25, 0.3) is 0 Å². The van der Waals surface area contributed by atoms with Crippen LogP contribution in [-0.2, 0) is 27.2 Å². The molecule has 6 nitrogen and oxygen atoms in total. The highest BCUT2D eigenvalue weighted by Gasteiger charge is 2.56. The number of carbonyl (C=O) groups is 3. The van der Waals surface area contributed by atoms with E-state index < -0.39 is 35.2 Å². The molecule has 1 aliphatic carbocycles. The van der Waals surface area contributed by atoms with Gasteiger partial charge < -0.3 is 15.7 Å². The highest BCUT2D eigenvalue weighted by molar-refractivity contribution is 7.10. The summed E-state index contributed by atoms with van der Waals surface area (Å²) >= 11 is 1.41. The Balaban J connectivity index is 1.77. The van der Waals surface area contributed by atoms with E-state index in [0.29, 0.717) is 11.4 Å². The third-order valence-electron chi connectivity index (χ3n) is 7.35. The Hall–Kier alpha value is -3.29. The van der Waals surface area contributed by atoms with Crippen LogP contribution in [0.4, 0.5) is 11.4 Å². The number of aryl methyl sites for hydroxylation is 3. The van der Waals surface area contributed by atoms with Crippen molar-refractivity contribution >= 4 is 40.3 Å². The number of rotatable bonds is 7. The average Bonchev–Trinajstić information content (AvgIpc) is 3.28. The first-order valence-electron chi connectivity index (χ1n) is 12.7. The second-order valence-corrected chi connectivity index (χ2v) is 10.9. The molecule has 4 unspecified atom stereocenters. The second kappa shape index (κ2) is 11.0. The number of ketones is 1. The second-order valence-electron chi connectivity index (χ2n) is 9.95. The molecule has 37 heavy (non-hydrogen) atoms. The topological polar surface area (TPSA) is 95.5 Å². The predicted octanol–water partition coefficient (Wildman–Crippen LogP) is 5.50. The Morgan fingerprint density at radius 1 is 0.946 bits per heavy atom. The SMILES string of the molecule is CCc1ccccc1NC(=O)C1C(=O)CC(C)(O)C(C(=O)Nc2ccccc2CC)C1c1sccc1C. The smallest absolute Gasteiger partial charge is 0.235 e. The first-order valence-corrected chi connectivity index (χ1v) is 13.6. The van der Waals surface area contributed by atoms with Gasteiger partial charge in [-0.2, -0.15) is 0 Å². The molecular formula is C30H34N2O4S. The number of hydrogen-bond acceptors (Lipinski definition) is 5. The minimum Gasteiger partial charge on any atom is -0.389 e. The summed E-state index contributed by atoms with van der Waals surface area (Å²) in [6, 6.07) is 16.9. The predicted molar refractivity (Wildman–Crippen MR) is 148 cm³/mol. The summed E-state index contributed by atoms with van der Waals surface area (Å²) in [6.07, 6.45) is 1.17. The van der Waals surface area contributed by atoms with E-state index in [1.807, 2.05) is 80.7 Å². The van der Waals surface area contributed by atoms with Crippen molar-refractivity contribution < 1.29 is 19.5 Å². The number of nitrogens with one attached hydrogen (secondary N) is 2. The third-order valence-corrected chi connectivity index (χ3v) is 8.47. The maximum atomic E-state index is 13.9. The van der Waals surface area contributed by atoms with Gasteiger partial charge in [-0.1, -0.05) is 50.2 Å². The van der Waals surface area contributed by atoms with Gasteiger partial charge in [0, 0.05) is 28.6 Å². The van der Waals surface area contributed by atoms with Crippen LogP contribution in [0.5, 0.6) is 0 Å². The van der Waals surface area contributed by atoms with Crippen LogP contribution in [0.2, 0.25) is 0 Å². The van der Waals surface area contributed by atoms with Crippen molar-refractivity contribution in [3.8, 4) is 0 Å². The Morgan fingerprint density at radius 3 is 2.00 bits per heavy atom. The average molecular weight is 519 g/mol. The minimum atomic E-state index is -1.62. The molecule has 1 aromatic heterocycles. The van der Waals surface area contributed by atoms with Gasteiger partial charge in [-0.15, -0.1) is 11.3 Å². The van der Waals surface area contributed by atoms with Gasteiger partial charge in [-0.25, -0.2) is 0 Å². The molecule has 0 spiro atoms. The van der Waals surface area contributed by atoms with Crippen LogP contribution >= 0.6 is 11.3 Å². The van der Waals surface area contributed by atoms with Crippen molar-refractivity contribution in [3.63, 3.8) is 0 Å². The first-order chi connectivity index (χ1) is 17.7. The molecule has 194 valence electrons. The number of para-hydroxylation sites is 2. The lowest BCUT2D eigenvalue weighted by atomic mass is 9.62. The van der Waals surface area contributed by atoms with Crippen LogP contribution < -0.4 is 10.6 Å². The van der Waals surface area contributed by atoms with Gasteiger partial charge in [0.1, 0.15) is 11.7 Å². The molecule has 4 rings (SSSR count). The van der Waals surface area contributed by atoms with Crippen LogP contribution in [0.3, 0.4) is 0 Å². The first kappa shape index (κ1) is 26.8. The quantitative estimate of drug-likeness (QED) is 0.360. The Bertz CT molecular complexity index is 1310. The summed E-state index contributed by atoms with van der Waals surface area (Å²) in [5.74, 6) is -4.15. The molecule has 3 aromatic rings. The van der Waals surface area contributed by atoms with Gasteiger partial charge in [-0.05, 0) is 67.0 Å². The monoisotopic (exact) mass is 518 g/mol. The standard InChI is InChI=1S/C30H34N2O4S/c1-5-19-11-7-9-13-21(19)31-28(34)24-23(33)17-30(4,36)26(25(24)27-18(3)15-16-37-27)29(35)32-22-14-10-8-12-20(22)6-2/h7-16,24-26,36H,5-6,17H2,1-4H3,(H,31,34)(H,32,35). The summed E-state index contributed by atoms with van der Waals surface area (Å²) < 4.78 is 0. The lowest BCUT2D eigenvalue weighted by Gasteiger charge is -2.44. The molecule has 1 heterocycles. The molecular weight excluding hydrogens is 484 g/mol. The van der Waals surface area contributed by atoms with Crippen molar-refractivity contribution in [2.45, 2.75) is 58.5 Å². The van der Waals surface area contributed by atoms with Crippen molar-refractivity contribution in [1.82, 2.24) is 0 Å². The van der Waals surface area contributed by atoms with E-state index in [2.05, 4.69) is 10.6 Å². The van der Waals surface area contributed by atoms with Crippen molar-refractivity contribution in [1.29, 1.82) is 0 Å². The lowest BCUT2D eigenvalue weighted by molar-refractivity contribution is -0.150. The number of Topliss-reactive ketones (excluding diaryl/α,β-unsaturated/α-hetero) is 1. The summed E-state index contributed by atoms with van der Waals surface area (Å²) in [7, 11) is 0. The number of anilines is 2. The molecule has 1 fully saturated rings. The fourth-order valence-corrected chi connectivity index (χ4v) is 6.56. The number of benzene rings is 2. The zero-order valence-electron chi connectivity index (χ0n) is 21.7. The normalized spacial score (nSPS) is 23.5. The van der Waals surface area contributed by atoms with E-state index in [4.69, 9.17) is 0 Å². The fraction of sp³-hybridized carbons (Fsp3) is 0.367. The Morgan fingerprint density at radius 2 is 1.49 bits per heavy atom. The number of thiophene rings is 1. The molecule has 2 amide bonds. The van der Waals surface area contributed by atoms with E-state index in [-0.39, 0.29) is 12.2 Å². The van der Waals surface area contributed by atoms with Crippen LogP contribution in [0.1, 0.15) is 54.7 Å². The summed E-state index contributed by atoms with van der Waals surface area (Å²) in [5.41, 5.74) is 2.51. The van der Waals surface area contributed by atoms with Crippen molar-refractivity contribution in [3.05, 3.63) is 81.5 Å². The summed E-state index contributed by atoms with van der Waals surface area (Å²) in [5, 5.41) is 19.4. The number of hydrogen-bond donors (Lipinski definition) is 3. The fourth-order valence-electron chi connectivity index (χ4n) is 5.46. The van der Waals surface area contributed by atoms with Gasteiger partial charge in [0.15, 0.2) is 0 Å². The molecule has 0 saturated heterocycles. The Kier molecular flexibility index (Phi) is 7.95. The molecule has 1 aliphatic rings. The van der Waals surface area contributed by atoms with Gasteiger partial charge >= 0.3 is 0 Å². The zero-order valence-corrected chi connectivity index (χ0v) is 22.5. The molecule has 0 radical (unpaired) electrons. The highest BCUT2D eigenvalue weighted by Crippen LogP contribution is 2.49. The summed E-state index contributed by atoms with van der Waals surface area (Å²) in [4.78, 5) is 41.9. The summed E-state index contributed by atoms with van der Waals surface area (Å²) in [6.45, 7) is 7.44. The lowest BCUT2D eigenvalue weighted by Crippen LogP contribution is -2.56. The van der Waals surface area contributed by atoms with Crippen molar-refractivity contribution in [2.75, 3.05) is 10.6 Å². The molecule has 7 heteroatoms. The maximum absolute atomic E-state index is 13.9. The zero-order chi connectivity index (χ0) is 26.7.